The summed E-state index contributed by atoms with van der Waals surface area (Å²) in [6.45, 7) is 8.81. The van der Waals surface area contributed by atoms with Gasteiger partial charge in [0, 0.05) is 12.9 Å². The molecular weight excluding hydrogens is 248 g/mol. The van der Waals surface area contributed by atoms with E-state index in [9.17, 15) is 0 Å². The molecule has 4 heteroatoms. The van der Waals surface area contributed by atoms with Gasteiger partial charge in [-0.15, -0.1) is 0 Å². The first-order valence-electron chi connectivity index (χ1n) is 6.21. The summed E-state index contributed by atoms with van der Waals surface area (Å²) in [5.74, 6) is 2.16. The summed E-state index contributed by atoms with van der Waals surface area (Å²) < 4.78 is 16.2. The largest absolute Gasteiger partial charge is 0.464 e. The van der Waals surface area contributed by atoms with Gasteiger partial charge in [-0.25, -0.2) is 0 Å². The SMILES string of the molecule is CC(C)C(OCOc1ccccc1OS)C(C)C. The number of hydrogen-bond donors (Lipinski definition) is 1. The van der Waals surface area contributed by atoms with Crippen molar-refractivity contribution in [3.05, 3.63) is 24.3 Å². The van der Waals surface area contributed by atoms with Gasteiger partial charge in [0.1, 0.15) is 0 Å². The highest BCUT2D eigenvalue weighted by atomic mass is 32.1. The lowest BCUT2D eigenvalue weighted by Crippen LogP contribution is -2.27. The maximum atomic E-state index is 5.77. The van der Waals surface area contributed by atoms with Crippen LogP contribution >= 0.6 is 12.9 Å². The summed E-state index contributed by atoms with van der Waals surface area (Å²) in [4.78, 5) is 0. The Labute approximate surface area is 115 Å². The molecule has 0 aliphatic rings. The van der Waals surface area contributed by atoms with Crippen LogP contribution in [0.4, 0.5) is 0 Å². The number of thiol groups is 1. The van der Waals surface area contributed by atoms with Crippen LogP contribution in [-0.2, 0) is 4.74 Å². The molecule has 0 atom stereocenters. The maximum Gasteiger partial charge on any atom is 0.189 e. The van der Waals surface area contributed by atoms with Crippen molar-refractivity contribution in [1.82, 2.24) is 0 Å². The lowest BCUT2D eigenvalue weighted by molar-refractivity contribution is -0.0749. The molecule has 0 aliphatic carbocycles. The minimum absolute atomic E-state index is 0.189. The second-order valence-corrected chi connectivity index (χ2v) is 5.10. The first kappa shape index (κ1) is 15.2. The third-order valence-electron chi connectivity index (χ3n) is 2.74. The number of ether oxygens (including phenoxy) is 2. The molecule has 0 aromatic heterocycles. The molecule has 1 rings (SSSR count). The predicted molar refractivity (Wildman–Crippen MR) is 76.1 cm³/mol. The first-order valence-corrected chi connectivity index (χ1v) is 6.57. The van der Waals surface area contributed by atoms with E-state index in [2.05, 4.69) is 40.6 Å². The molecule has 0 saturated carbocycles. The van der Waals surface area contributed by atoms with Gasteiger partial charge in [-0.2, -0.15) is 0 Å². The summed E-state index contributed by atoms with van der Waals surface area (Å²) in [7, 11) is 0. The maximum absolute atomic E-state index is 5.77. The third-order valence-corrected chi connectivity index (χ3v) is 2.93. The minimum atomic E-state index is 0.189. The molecule has 0 saturated heterocycles. The van der Waals surface area contributed by atoms with Crippen molar-refractivity contribution in [2.24, 2.45) is 11.8 Å². The predicted octanol–water partition coefficient (Wildman–Crippen LogP) is 3.94. The molecule has 0 fully saturated rings. The summed E-state index contributed by atoms with van der Waals surface area (Å²) in [5.41, 5.74) is 0. The van der Waals surface area contributed by atoms with Gasteiger partial charge < -0.3 is 13.7 Å². The van der Waals surface area contributed by atoms with E-state index >= 15 is 0 Å². The number of rotatable bonds is 7. The van der Waals surface area contributed by atoms with E-state index in [-0.39, 0.29) is 12.9 Å². The number of benzene rings is 1. The summed E-state index contributed by atoms with van der Waals surface area (Å²) >= 11 is 3.79. The van der Waals surface area contributed by atoms with Gasteiger partial charge in [0.15, 0.2) is 18.3 Å². The fourth-order valence-electron chi connectivity index (χ4n) is 1.98. The highest BCUT2D eigenvalue weighted by Crippen LogP contribution is 2.27. The molecule has 1 aromatic rings. The fraction of sp³-hybridized carbons (Fsp3) is 0.571. The Morgan fingerprint density at radius 2 is 1.56 bits per heavy atom. The van der Waals surface area contributed by atoms with Gasteiger partial charge in [0.25, 0.3) is 0 Å². The Kier molecular flexibility index (Phi) is 6.36. The van der Waals surface area contributed by atoms with Crippen molar-refractivity contribution in [3.8, 4) is 11.5 Å². The van der Waals surface area contributed by atoms with Crippen LogP contribution in [0.5, 0.6) is 11.5 Å². The second-order valence-electron chi connectivity index (χ2n) is 4.92. The summed E-state index contributed by atoms with van der Waals surface area (Å²) in [6, 6.07) is 7.37. The van der Waals surface area contributed by atoms with E-state index in [1.165, 1.54) is 0 Å². The van der Waals surface area contributed by atoms with Crippen LogP contribution in [-0.4, -0.2) is 12.9 Å². The van der Waals surface area contributed by atoms with Crippen molar-refractivity contribution in [3.63, 3.8) is 0 Å². The lowest BCUT2D eigenvalue weighted by atomic mass is 9.96. The standard InChI is InChI=1S/C14H22O3S/c1-10(2)14(11(3)4)16-9-15-12-7-5-6-8-13(12)17-18/h5-8,10-11,14,18H,9H2,1-4H3. The molecule has 0 N–H and O–H groups in total. The third kappa shape index (κ3) is 4.42. The van der Waals surface area contributed by atoms with Crippen molar-refractivity contribution >= 4 is 12.9 Å². The van der Waals surface area contributed by atoms with Gasteiger partial charge in [-0.3, -0.25) is 0 Å². The molecule has 0 bridgehead atoms. The van der Waals surface area contributed by atoms with Crippen LogP contribution in [0.3, 0.4) is 0 Å². The fourth-order valence-corrected chi connectivity index (χ4v) is 2.13. The molecular formula is C14H22O3S. The molecule has 0 spiro atoms. The van der Waals surface area contributed by atoms with Crippen LogP contribution in [0.25, 0.3) is 0 Å². The number of para-hydroxylation sites is 2. The highest BCUT2D eigenvalue weighted by Gasteiger charge is 2.18. The average Bonchev–Trinajstić information content (AvgIpc) is 2.34. The van der Waals surface area contributed by atoms with Crippen LogP contribution < -0.4 is 8.92 Å². The van der Waals surface area contributed by atoms with Crippen LogP contribution in [0, 0.1) is 11.8 Å². The summed E-state index contributed by atoms with van der Waals surface area (Å²) in [6.07, 6.45) is 0.189. The van der Waals surface area contributed by atoms with Crippen molar-refractivity contribution in [1.29, 1.82) is 0 Å². The van der Waals surface area contributed by atoms with E-state index in [1.807, 2.05) is 18.2 Å². The zero-order chi connectivity index (χ0) is 13.5. The molecule has 0 amide bonds. The molecule has 3 nitrogen and oxygen atoms in total. The quantitative estimate of drug-likeness (QED) is 0.462. The second kappa shape index (κ2) is 7.54. The smallest absolute Gasteiger partial charge is 0.189 e. The zero-order valence-electron chi connectivity index (χ0n) is 11.4. The van der Waals surface area contributed by atoms with Gasteiger partial charge in [0.05, 0.1) is 6.10 Å². The van der Waals surface area contributed by atoms with Crippen molar-refractivity contribution in [2.75, 3.05) is 6.79 Å². The normalized spacial score (nSPS) is 11.3. The molecule has 0 heterocycles. The topological polar surface area (TPSA) is 27.7 Å². The van der Waals surface area contributed by atoms with E-state index < -0.39 is 0 Å². The van der Waals surface area contributed by atoms with Crippen molar-refractivity contribution in [2.45, 2.75) is 33.8 Å². The van der Waals surface area contributed by atoms with Gasteiger partial charge in [0.2, 0.25) is 0 Å². The molecule has 0 aliphatic heterocycles. The Hall–Kier alpha value is -0.870. The lowest BCUT2D eigenvalue weighted by Gasteiger charge is -2.25. The monoisotopic (exact) mass is 270 g/mol. The van der Waals surface area contributed by atoms with Crippen LogP contribution in [0.1, 0.15) is 27.7 Å². The minimum Gasteiger partial charge on any atom is -0.464 e. The average molecular weight is 270 g/mol. The van der Waals surface area contributed by atoms with Gasteiger partial charge >= 0.3 is 0 Å². The Balaban J connectivity index is 2.50. The number of hydrogen-bond acceptors (Lipinski definition) is 4. The molecule has 18 heavy (non-hydrogen) atoms. The Morgan fingerprint density at radius 1 is 1.00 bits per heavy atom. The summed E-state index contributed by atoms with van der Waals surface area (Å²) in [5, 5.41) is 0. The van der Waals surface area contributed by atoms with E-state index in [0.717, 1.165) is 0 Å². The van der Waals surface area contributed by atoms with E-state index in [0.29, 0.717) is 23.3 Å². The Morgan fingerprint density at radius 3 is 2.06 bits per heavy atom. The molecule has 102 valence electrons. The van der Waals surface area contributed by atoms with Crippen LogP contribution in [0.2, 0.25) is 0 Å². The Bertz CT molecular complexity index is 345. The van der Waals surface area contributed by atoms with E-state index in [4.69, 9.17) is 13.7 Å². The highest BCUT2D eigenvalue weighted by molar-refractivity contribution is 7.75. The van der Waals surface area contributed by atoms with E-state index in [1.54, 1.807) is 6.07 Å². The van der Waals surface area contributed by atoms with Gasteiger partial charge in [-0.1, -0.05) is 39.8 Å². The van der Waals surface area contributed by atoms with Gasteiger partial charge in [-0.05, 0) is 24.0 Å². The molecule has 0 radical (unpaired) electrons. The molecule has 1 aromatic carbocycles. The van der Waals surface area contributed by atoms with Crippen molar-refractivity contribution < 1.29 is 13.7 Å². The first-order chi connectivity index (χ1) is 8.56. The van der Waals surface area contributed by atoms with Crippen LogP contribution in [0.15, 0.2) is 24.3 Å². The zero-order valence-corrected chi connectivity index (χ0v) is 12.3. The molecule has 0 unspecified atom stereocenters.